The van der Waals surface area contributed by atoms with Crippen molar-refractivity contribution in [2.45, 2.75) is 25.3 Å². The fourth-order valence-corrected chi connectivity index (χ4v) is 3.10. The minimum atomic E-state index is -0.170. The van der Waals surface area contributed by atoms with Crippen molar-refractivity contribution < 1.29 is 9.13 Å². The number of hydrogen-bond donors (Lipinski definition) is 1. The number of ether oxygens (including phenoxy) is 1. The number of piperazine rings is 1. The molecule has 0 amide bonds. The summed E-state index contributed by atoms with van der Waals surface area (Å²) in [4.78, 5) is 2.48. The van der Waals surface area contributed by atoms with Gasteiger partial charge in [-0.2, -0.15) is 0 Å². The number of benzene rings is 1. The van der Waals surface area contributed by atoms with E-state index in [1.807, 2.05) is 0 Å². The third-order valence-electron chi connectivity index (χ3n) is 4.40. The molecule has 1 N–H and O–H groups in total. The zero-order chi connectivity index (χ0) is 13.9. The van der Waals surface area contributed by atoms with Gasteiger partial charge in [-0.15, -0.1) is 24.8 Å². The predicted molar refractivity (Wildman–Crippen MR) is 92.0 cm³/mol. The van der Waals surface area contributed by atoms with Gasteiger partial charge in [0.25, 0.3) is 0 Å². The molecule has 1 saturated heterocycles. The Morgan fingerprint density at radius 2 is 1.95 bits per heavy atom. The molecule has 2 fully saturated rings. The number of nitrogens with one attached hydrogen (secondary N) is 1. The van der Waals surface area contributed by atoms with Crippen LogP contribution in [0.25, 0.3) is 0 Å². The molecule has 2 aliphatic rings. The minimum Gasteiger partial charge on any atom is -0.496 e. The molecule has 1 aromatic rings. The molecule has 6 heteroatoms. The number of nitrogens with zero attached hydrogens (tertiary/aromatic N) is 1. The first-order valence-corrected chi connectivity index (χ1v) is 7.56. The quantitative estimate of drug-likeness (QED) is 0.880. The van der Waals surface area contributed by atoms with Crippen molar-refractivity contribution in [1.29, 1.82) is 0 Å². The highest BCUT2D eigenvalue weighted by Crippen LogP contribution is 2.42. The normalized spacial score (nSPS) is 19.7. The first kappa shape index (κ1) is 19.5. The highest BCUT2D eigenvalue weighted by Gasteiger charge is 2.32. The first-order valence-electron chi connectivity index (χ1n) is 7.56. The lowest BCUT2D eigenvalue weighted by Crippen LogP contribution is -2.45. The van der Waals surface area contributed by atoms with Crippen LogP contribution >= 0.6 is 24.8 Å². The summed E-state index contributed by atoms with van der Waals surface area (Å²) in [6.07, 6.45) is 3.76. The van der Waals surface area contributed by atoms with E-state index in [2.05, 4.69) is 10.2 Å². The summed E-state index contributed by atoms with van der Waals surface area (Å²) in [7, 11) is 1.67. The smallest absolute Gasteiger partial charge is 0.123 e. The third-order valence-corrected chi connectivity index (χ3v) is 4.40. The van der Waals surface area contributed by atoms with Crippen LogP contribution in [0.3, 0.4) is 0 Å². The van der Waals surface area contributed by atoms with E-state index < -0.39 is 0 Å². The summed E-state index contributed by atoms with van der Waals surface area (Å²) < 4.78 is 19.1. The van der Waals surface area contributed by atoms with Gasteiger partial charge in [-0.05, 0) is 30.5 Å². The second-order valence-corrected chi connectivity index (χ2v) is 5.87. The number of methoxy groups -OCH3 is 1. The van der Waals surface area contributed by atoms with Crippen molar-refractivity contribution in [3.8, 4) is 5.75 Å². The standard InChI is InChI=1S/C16H23FN2O.2ClH/c1-20-16-5-4-13(17)11-14(16)15(10-12-2-3-12)19-8-6-18-7-9-19;;/h4-5,11-12,15,18H,2-3,6-10H2,1H3;2*1H/t15-;;/m1../s1. The Balaban J connectivity index is 0.00000121. The topological polar surface area (TPSA) is 24.5 Å². The van der Waals surface area contributed by atoms with Gasteiger partial charge in [-0.3, -0.25) is 4.90 Å². The zero-order valence-electron chi connectivity index (χ0n) is 12.9. The lowest BCUT2D eigenvalue weighted by molar-refractivity contribution is 0.157. The maximum Gasteiger partial charge on any atom is 0.123 e. The summed E-state index contributed by atoms with van der Waals surface area (Å²) >= 11 is 0. The fraction of sp³-hybridized carbons (Fsp3) is 0.625. The van der Waals surface area contributed by atoms with Gasteiger partial charge < -0.3 is 10.1 Å². The Bertz CT molecular complexity index is 465. The molecule has 1 aliphatic heterocycles. The average Bonchev–Trinajstić information content (AvgIpc) is 3.30. The van der Waals surface area contributed by atoms with E-state index in [1.165, 1.54) is 18.9 Å². The lowest BCUT2D eigenvalue weighted by atomic mass is 9.97. The van der Waals surface area contributed by atoms with E-state index in [1.54, 1.807) is 19.2 Å². The van der Waals surface area contributed by atoms with Gasteiger partial charge in [0.15, 0.2) is 0 Å². The van der Waals surface area contributed by atoms with Gasteiger partial charge in [0, 0.05) is 37.8 Å². The van der Waals surface area contributed by atoms with Crippen LogP contribution in [0.15, 0.2) is 18.2 Å². The summed E-state index contributed by atoms with van der Waals surface area (Å²) in [6.45, 7) is 4.08. The molecule has 1 aromatic carbocycles. The Hall–Kier alpha value is -0.550. The summed E-state index contributed by atoms with van der Waals surface area (Å²) in [5.41, 5.74) is 1.02. The maximum absolute atomic E-state index is 13.7. The van der Waals surface area contributed by atoms with E-state index >= 15 is 0 Å². The molecule has 1 heterocycles. The van der Waals surface area contributed by atoms with Crippen LogP contribution in [-0.4, -0.2) is 38.2 Å². The Labute approximate surface area is 144 Å². The lowest BCUT2D eigenvalue weighted by Gasteiger charge is -2.36. The number of halogens is 3. The summed E-state index contributed by atoms with van der Waals surface area (Å²) in [5.74, 6) is 1.45. The first-order chi connectivity index (χ1) is 9.78. The molecule has 1 aliphatic carbocycles. The molecule has 0 bridgehead atoms. The van der Waals surface area contributed by atoms with Crippen LogP contribution in [0.5, 0.6) is 5.75 Å². The van der Waals surface area contributed by atoms with Crippen molar-refractivity contribution >= 4 is 24.8 Å². The molecule has 22 heavy (non-hydrogen) atoms. The monoisotopic (exact) mass is 350 g/mol. The predicted octanol–water partition coefficient (Wildman–Crippen LogP) is 3.42. The highest BCUT2D eigenvalue weighted by atomic mass is 35.5. The largest absolute Gasteiger partial charge is 0.496 e. The van der Waals surface area contributed by atoms with Crippen molar-refractivity contribution in [3.05, 3.63) is 29.6 Å². The molecule has 3 rings (SSSR count). The van der Waals surface area contributed by atoms with Crippen LogP contribution < -0.4 is 10.1 Å². The van der Waals surface area contributed by atoms with Gasteiger partial charge in [-0.1, -0.05) is 12.8 Å². The van der Waals surface area contributed by atoms with Crippen molar-refractivity contribution in [2.24, 2.45) is 5.92 Å². The van der Waals surface area contributed by atoms with E-state index in [-0.39, 0.29) is 36.7 Å². The van der Waals surface area contributed by atoms with E-state index in [4.69, 9.17) is 4.74 Å². The molecular weight excluding hydrogens is 326 g/mol. The molecule has 0 unspecified atom stereocenters. The molecular formula is C16H25Cl2FN2O. The Morgan fingerprint density at radius 3 is 2.55 bits per heavy atom. The molecule has 1 saturated carbocycles. The molecule has 3 nitrogen and oxygen atoms in total. The van der Waals surface area contributed by atoms with Gasteiger partial charge in [0.1, 0.15) is 11.6 Å². The SMILES string of the molecule is COc1ccc(F)cc1[C@@H](CC1CC1)N1CCNCC1.Cl.Cl. The fourth-order valence-electron chi connectivity index (χ4n) is 3.10. The molecule has 0 spiro atoms. The van der Waals surface area contributed by atoms with E-state index in [0.29, 0.717) is 0 Å². The third kappa shape index (κ3) is 4.72. The van der Waals surface area contributed by atoms with Gasteiger partial charge in [-0.25, -0.2) is 4.39 Å². The second kappa shape index (κ2) is 8.92. The summed E-state index contributed by atoms with van der Waals surface area (Å²) in [6, 6.07) is 5.19. The van der Waals surface area contributed by atoms with Crippen LogP contribution in [0.4, 0.5) is 4.39 Å². The Morgan fingerprint density at radius 1 is 1.27 bits per heavy atom. The van der Waals surface area contributed by atoms with Crippen LogP contribution in [-0.2, 0) is 0 Å². The van der Waals surface area contributed by atoms with Gasteiger partial charge in [0.05, 0.1) is 7.11 Å². The molecule has 126 valence electrons. The van der Waals surface area contributed by atoms with Crippen LogP contribution in [0, 0.1) is 11.7 Å². The van der Waals surface area contributed by atoms with Crippen molar-refractivity contribution in [3.63, 3.8) is 0 Å². The maximum atomic E-state index is 13.7. The van der Waals surface area contributed by atoms with E-state index in [9.17, 15) is 4.39 Å². The number of hydrogen-bond acceptors (Lipinski definition) is 3. The van der Waals surface area contributed by atoms with Crippen LogP contribution in [0.2, 0.25) is 0 Å². The highest BCUT2D eigenvalue weighted by molar-refractivity contribution is 5.85. The van der Waals surface area contributed by atoms with Gasteiger partial charge >= 0.3 is 0 Å². The molecule has 0 radical (unpaired) electrons. The second-order valence-electron chi connectivity index (χ2n) is 5.87. The molecule has 0 aromatic heterocycles. The van der Waals surface area contributed by atoms with Gasteiger partial charge in [0.2, 0.25) is 0 Å². The van der Waals surface area contributed by atoms with Crippen molar-refractivity contribution in [1.82, 2.24) is 10.2 Å². The number of rotatable bonds is 5. The van der Waals surface area contributed by atoms with Crippen molar-refractivity contribution in [2.75, 3.05) is 33.3 Å². The minimum absolute atomic E-state index is 0. The summed E-state index contributed by atoms with van der Waals surface area (Å²) in [5, 5.41) is 3.38. The van der Waals surface area contributed by atoms with E-state index in [0.717, 1.165) is 49.8 Å². The Kier molecular flexibility index (Phi) is 7.90. The average molecular weight is 351 g/mol. The van der Waals surface area contributed by atoms with Crippen LogP contribution in [0.1, 0.15) is 30.9 Å². The molecule has 1 atom stereocenters. The zero-order valence-corrected chi connectivity index (χ0v) is 14.5.